The summed E-state index contributed by atoms with van der Waals surface area (Å²) in [4.78, 5) is 37.5. The van der Waals surface area contributed by atoms with Gasteiger partial charge in [0.2, 0.25) is 5.78 Å². The number of hydrogen-bond acceptors (Lipinski definition) is 5. The molecule has 0 spiro atoms. The summed E-state index contributed by atoms with van der Waals surface area (Å²) < 4.78 is 20.7. The van der Waals surface area contributed by atoms with Gasteiger partial charge in [0.25, 0.3) is 0 Å². The van der Waals surface area contributed by atoms with Gasteiger partial charge in [-0.05, 0) is 82.4 Å². The number of aliphatic hydroxyl groups is 1. The summed E-state index contributed by atoms with van der Waals surface area (Å²) in [6.07, 6.45) is 6.83. The Morgan fingerprint density at radius 2 is 1.88 bits per heavy atom. The fourth-order valence-electron chi connectivity index (χ4n) is 6.93. The summed E-state index contributed by atoms with van der Waals surface area (Å²) >= 11 is 0. The Morgan fingerprint density at radius 3 is 2.52 bits per heavy atom. The number of ketones is 2. The molecule has 7 atom stereocenters. The Balaban J connectivity index is 1.67. The topological polar surface area (TPSA) is 80.7 Å². The molecule has 0 amide bonds. The van der Waals surface area contributed by atoms with Crippen LogP contribution in [0.1, 0.15) is 60.8 Å². The lowest BCUT2D eigenvalue weighted by Gasteiger charge is -2.54. The van der Waals surface area contributed by atoms with Gasteiger partial charge in [0.1, 0.15) is 11.8 Å². The first kappa shape index (κ1) is 24.1. The number of alkyl halides is 1. The van der Waals surface area contributed by atoms with Crippen LogP contribution in [0.25, 0.3) is 0 Å². The van der Waals surface area contributed by atoms with Crippen molar-refractivity contribution in [3.63, 3.8) is 0 Å². The Hall–Kier alpha value is -2.08. The number of Topliss-reactive ketones (excluding diaryl/α,β-unsaturated/α-hetero) is 1. The molecule has 4 aliphatic carbocycles. The molecule has 0 aromatic carbocycles. The van der Waals surface area contributed by atoms with E-state index in [1.165, 1.54) is 12.2 Å². The van der Waals surface area contributed by atoms with Crippen LogP contribution in [0.5, 0.6) is 0 Å². The number of esters is 1. The summed E-state index contributed by atoms with van der Waals surface area (Å²) in [5, 5.41) is 11.9. The Morgan fingerprint density at radius 1 is 1.21 bits per heavy atom. The van der Waals surface area contributed by atoms with Crippen LogP contribution < -0.4 is 0 Å². The van der Waals surface area contributed by atoms with E-state index in [2.05, 4.69) is 6.08 Å². The van der Waals surface area contributed by atoms with Crippen molar-refractivity contribution >= 4 is 17.5 Å². The van der Waals surface area contributed by atoms with Crippen LogP contribution in [0.3, 0.4) is 0 Å². The zero-order valence-corrected chi connectivity index (χ0v) is 20.4. The van der Waals surface area contributed by atoms with E-state index in [-0.39, 0.29) is 30.0 Å². The van der Waals surface area contributed by atoms with Crippen molar-refractivity contribution in [2.75, 3.05) is 6.61 Å². The van der Waals surface area contributed by atoms with Crippen molar-refractivity contribution in [3.8, 4) is 0 Å². The van der Waals surface area contributed by atoms with Gasteiger partial charge in [0.15, 0.2) is 12.4 Å². The molecule has 1 N–H and O–H groups in total. The predicted molar refractivity (Wildman–Crippen MR) is 122 cm³/mol. The minimum atomic E-state index is -1.67. The summed E-state index contributed by atoms with van der Waals surface area (Å²) in [6.45, 7) is 10.4. The number of allylic oxidation sites excluding steroid dienone is 6. The van der Waals surface area contributed by atoms with Crippen LogP contribution >= 0.6 is 0 Å². The van der Waals surface area contributed by atoms with Gasteiger partial charge in [-0.3, -0.25) is 14.4 Å². The highest BCUT2D eigenvalue weighted by molar-refractivity contribution is 6.01. The lowest BCUT2D eigenvalue weighted by Crippen LogP contribution is -2.58. The Kier molecular flexibility index (Phi) is 5.44. The summed E-state index contributed by atoms with van der Waals surface area (Å²) in [6, 6.07) is 0. The molecule has 0 bridgehead atoms. The lowest BCUT2D eigenvalue weighted by molar-refractivity contribution is -0.170. The first-order valence-electron chi connectivity index (χ1n) is 11.9. The molecule has 0 radical (unpaired) electrons. The highest BCUT2D eigenvalue weighted by atomic mass is 19.1. The normalized spacial score (nSPS) is 42.0. The van der Waals surface area contributed by atoms with Gasteiger partial charge in [-0.25, -0.2) is 4.39 Å². The summed E-state index contributed by atoms with van der Waals surface area (Å²) in [5.41, 5.74) is -2.28. The van der Waals surface area contributed by atoms with Gasteiger partial charge in [-0.2, -0.15) is 0 Å². The molecule has 7 unspecified atom stereocenters. The maximum atomic E-state index is 15.4. The minimum absolute atomic E-state index is 0.0950. The van der Waals surface area contributed by atoms with E-state index in [9.17, 15) is 19.5 Å². The molecule has 2 saturated carbocycles. The third kappa shape index (κ3) is 3.31. The highest BCUT2D eigenvalue weighted by Gasteiger charge is 2.67. The highest BCUT2D eigenvalue weighted by Crippen LogP contribution is 2.66. The van der Waals surface area contributed by atoms with Crippen molar-refractivity contribution < 1.29 is 28.6 Å². The molecule has 0 heterocycles. The van der Waals surface area contributed by atoms with Gasteiger partial charge in [-0.15, -0.1) is 0 Å². The van der Waals surface area contributed by atoms with E-state index in [1.807, 2.05) is 20.8 Å². The molecule has 33 heavy (non-hydrogen) atoms. The Bertz CT molecular complexity index is 1000. The average Bonchev–Trinajstić information content (AvgIpc) is 2.94. The number of ether oxygens (including phenoxy) is 1. The van der Waals surface area contributed by atoms with E-state index in [0.717, 1.165) is 5.57 Å². The van der Waals surface area contributed by atoms with Crippen LogP contribution in [0.15, 0.2) is 35.5 Å². The maximum absolute atomic E-state index is 15.4. The molecule has 180 valence electrons. The van der Waals surface area contributed by atoms with Crippen LogP contribution in [-0.2, 0) is 19.1 Å². The molecule has 6 heteroatoms. The SMILES string of the molecule is CC1CC2C3CC(F)C4=CC(=O)C=CC4(C)C3=CCC2(C)C1(O)C(=O)COC(=O)C(C)(C)C. The quantitative estimate of drug-likeness (QED) is 0.504. The Labute approximate surface area is 195 Å². The molecule has 0 saturated heterocycles. The van der Waals surface area contributed by atoms with E-state index in [4.69, 9.17) is 4.74 Å². The molecule has 2 fully saturated rings. The summed E-state index contributed by atoms with van der Waals surface area (Å²) in [5.74, 6) is -1.76. The van der Waals surface area contributed by atoms with E-state index in [1.54, 1.807) is 26.8 Å². The number of halogens is 1. The third-order valence-corrected chi connectivity index (χ3v) is 8.89. The number of hydrogen-bond donors (Lipinski definition) is 1. The fraction of sp³-hybridized carbons (Fsp3) is 0.667. The largest absolute Gasteiger partial charge is 0.457 e. The van der Waals surface area contributed by atoms with Crippen LogP contribution in [-0.4, -0.2) is 41.0 Å². The second-order valence-corrected chi connectivity index (χ2v) is 11.9. The van der Waals surface area contributed by atoms with Crippen molar-refractivity contribution in [2.45, 2.75) is 72.6 Å². The lowest BCUT2D eigenvalue weighted by atomic mass is 9.51. The van der Waals surface area contributed by atoms with E-state index >= 15 is 4.39 Å². The second-order valence-electron chi connectivity index (χ2n) is 11.9. The predicted octanol–water partition coefficient (Wildman–Crippen LogP) is 4.30. The molecule has 4 aliphatic rings. The maximum Gasteiger partial charge on any atom is 0.311 e. The van der Waals surface area contributed by atoms with Crippen LogP contribution in [0.2, 0.25) is 0 Å². The van der Waals surface area contributed by atoms with Gasteiger partial charge in [0.05, 0.1) is 5.41 Å². The van der Waals surface area contributed by atoms with Gasteiger partial charge >= 0.3 is 5.97 Å². The first-order valence-corrected chi connectivity index (χ1v) is 11.9. The first-order chi connectivity index (χ1) is 15.2. The fourth-order valence-corrected chi connectivity index (χ4v) is 6.93. The van der Waals surface area contributed by atoms with Crippen LogP contribution in [0.4, 0.5) is 4.39 Å². The molecular formula is C27H35FO5. The monoisotopic (exact) mass is 458 g/mol. The van der Waals surface area contributed by atoms with Gasteiger partial charge in [0, 0.05) is 10.8 Å². The number of fused-ring (bicyclic) bond motifs is 5. The smallest absolute Gasteiger partial charge is 0.311 e. The molecule has 4 rings (SSSR count). The number of rotatable bonds is 3. The molecule has 0 aromatic heterocycles. The summed E-state index contributed by atoms with van der Waals surface area (Å²) in [7, 11) is 0. The number of carbonyl (C=O) groups is 3. The van der Waals surface area contributed by atoms with Crippen molar-refractivity contribution in [2.24, 2.45) is 34.0 Å². The van der Waals surface area contributed by atoms with Crippen molar-refractivity contribution in [3.05, 3.63) is 35.5 Å². The standard InChI is InChI=1S/C27H35FO5/c1-15-11-19-17-13-21(28)20-12-16(29)7-9-25(20,5)18(17)8-10-26(19,6)27(15,32)22(30)14-33-23(31)24(2,3)4/h7-9,12,15,17,19,21,32H,10-11,13-14H2,1-6H3. The zero-order chi connectivity index (χ0) is 24.6. The van der Waals surface area contributed by atoms with E-state index < -0.39 is 46.4 Å². The van der Waals surface area contributed by atoms with Crippen LogP contribution in [0, 0.1) is 34.0 Å². The van der Waals surface area contributed by atoms with Gasteiger partial charge < -0.3 is 9.84 Å². The second kappa shape index (κ2) is 7.46. The molecule has 0 aliphatic heterocycles. The van der Waals surface area contributed by atoms with Crippen molar-refractivity contribution in [1.82, 2.24) is 0 Å². The molecule has 5 nitrogen and oxygen atoms in total. The van der Waals surface area contributed by atoms with E-state index in [0.29, 0.717) is 18.4 Å². The van der Waals surface area contributed by atoms with Gasteiger partial charge in [-0.1, -0.05) is 31.6 Å². The minimum Gasteiger partial charge on any atom is -0.457 e. The van der Waals surface area contributed by atoms with Crippen molar-refractivity contribution in [1.29, 1.82) is 0 Å². The molecular weight excluding hydrogens is 423 g/mol. The zero-order valence-electron chi connectivity index (χ0n) is 20.4. The average molecular weight is 459 g/mol. The third-order valence-electron chi connectivity index (χ3n) is 8.89. The number of carbonyl (C=O) groups excluding carboxylic acids is 3. The molecule has 0 aromatic rings.